The zero-order valence-corrected chi connectivity index (χ0v) is 9.79. The molecule has 2 nitrogen and oxygen atoms in total. The van der Waals surface area contributed by atoms with Crippen LogP contribution in [0, 0.1) is 5.92 Å². The molecule has 14 heavy (non-hydrogen) atoms. The van der Waals surface area contributed by atoms with E-state index >= 15 is 0 Å². The summed E-state index contributed by atoms with van der Waals surface area (Å²) in [5.74, 6) is 0.989. The summed E-state index contributed by atoms with van der Waals surface area (Å²) >= 11 is 0. The van der Waals surface area contributed by atoms with E-state index in [-0.39, 0.29) is 0 Å². The maximum Gasteiger partial charge on any atom is 0.0196 e. The minimum atomic E-state index is 0.675. The lowest BCUT2D eigenvalue weighted by Crippen LogP contribution is -2.58. The normalized spacial score (nSPS) is 37.9. The average Bonchev–Trinajstić information content (AvgIpc) is 2.06. The molecule has 1 N–H and O–H groups in total. The van der Waals surface area contributed by atoms with Crippen LogP contribution in [0.3, 0.4) is 0 Å². The van der Waals surface area contributed by atoms with E-state index in [1.165, 1.54) is 25.8 Å². The Bertz CT molecular complexity index is 189. The minimum absolute atomic E-state index is 0.675. The largest absolute Gasteiger partial charge is 0.311 e. The Labute approximate surface area is 88.1 Å². The smallest absolute Gasteiger partial charge is 0.0196 e. The van der Waals surface area contributed by atoms with Crippen molar-refractivity contribution in [1.29, 1.82) is 0 Å². The van der Waals surface area contributed by atoms with Crippen LogP contribution in [0.15, 0.2) is 0 Å². The van der Waals surface area contributed by atoms with Crippen molar-refractivity contribution in [1.82, 2.24) is 10.2 Å². The third-order valence-electron chi connectivity index (χ3n) is 4.17. The second-order valence-electron chi connectivity index (χ2n) is 5.29. The maximum atomic E-state index is 3.55. The zero-order chi connectivity index (χ0) is 10.1. The predicted octanol–water partition coefficient (Wildman–Crippen LogP) is 1.86. The van der Waals surface area contributed by atoms with Gasteiger partial charge in [-0.15, -0.1) is 0 Å². The predicted molar refractivity (Wildman–Crippen MR) is 60.4 cm³/mol. The van der Waals surface area contributed by atoms with Gasteiger partial charge in [-0.25, -0.2) is 0 Å². The summed E-state index contributed by atoms with van der Waals surface area (Å²) in [5.41, 5.74) is 0. The van der Waals surface area contributed by atoms with Crippen LogP contribution in [0.25, 0.3) is 0 Å². The summed E-state index contributed by atoms with van der Waals surface area (Å²) in [4.78, 5) is 2.71. The Morgan fingerprint density at radius 3 is 2.57 bits per heavy atom. The molecular formula is C12H24N2. The standard InChI is InChI=1S/C12H24N2/c1-9-8-14(10(2)7-13-9)11(3)12-5-4-6-12/h9-13H,4-8H2,1-3H3. The summed E-state index contributed by atoms with van der Waals surface area (Å²) < 4.78 is 0. The topological polar surface area (TPSA) is 15.3 Å². The van der Waals surface area contributed by atoms with Gasteiger partial charge in [0.15, 0.2) is 0 Å². The van der Waals surface area contributed by atoms with Crippen molar-refractivity contribution in [2.75, 3.05) is 13.1 Å². The number of nitrogens with zero attached hydrogens (tertiary/aromatic N) is 1. The van der Waals surface area contributed by atoms with Gasteiger partial charge in [0.2, 0.25) is 0 Å². The van der Waals surface area contributed by atoms with Gasteiger partial charge in [-0.1, -0.05) is 6.42 Å². The molecule has 1 aliphatic carbocycles. The van der Waals surface area contributed by atoms with E-state index in [1.807, 2.05) is 0 Å². The van der Waals surface area contributed by atoms with Gasteiger partial charge in [0.1, 0.15) is 0 Å². The highest BCUT2D eigenvalue weighted by Gasteiger charge is 2.33. The van der Waals surface area contributed by atoms with Crippen molar-refractivity contribution in [2.24, 2.45) is 5.92 Å². The van der Waals surface area contributed by atoms with Crippen LogP contribution in [0.4, 0.5) is 0 Å². The van der Waals surface area contributed by atoms with E-state index < -0.39 is 0 Å². The lowest BCUT2D eigenvalue weighted by atomic mass is 9.79. The van der Waals surface area contributed by atoms with E-state index in [1.54, 1.807) is 0 Å². The molecule has 0 aromatic carbocycles. The molecule has 0 aromatic heterocycles. The summed E-state index contributed by atoms with van der Waals surface area (Å²) in [5, 5.41) is 3.55. The van der Waals surface area contributed by atoms with Crippen LogP contribution < -0.4 is 5.32 Å². The Morgan fingerprint density at radius 1 is 1.29 bits per heavy atom. The van der Waals surface area contributed by atoms with Gasteiger partial charge in [0.05, 0.1) is 0 Å². The molecular weight excluding hydrogens is 172 g/mol. The monoisotopic (exact) mass is 196 g/mol. The lowest BCUT2D eigenvalue weighted by molar-refractivity contribution is 0.0463. The zero-order valence-electron chi connectivity index (χ0n) is 9.79. The van der Waals surface area contributed by atoms with Crippen LogP contribution >= 0.6 is 0 Å². The third-order valence-corrected chi connectivity index (χ3v) is 4.17. The second-order valence-corrected chi connectivity index (χ2v) is 5.29. The molecule has 2 aliphatic rings. The SMILES string of the molecule is CC1CN(C(C)C2CCC2)C(C)CN1. The van der Waals surface area contributed by atoms with Crippen molar-refractivity contribution in [3.63, 3.8) is 0 Å². The number of hydrogen-bond donors (Lipinski definition) is 1. The molecule has 1 aliphatic heterocycles. The van der Waals surface area contributed by atoms with Crippen LogP contribution in [0.2, 0.25) is 0 Å². The van der Waals surface area contributed by atoms with E-state index in [4.69, 9.17) is 0 Å². The highest BCUT2D eigenvalue weighted by Crippen LogP contribution is 2.33. The van der Waals surface area contributed by atoms with Crippen LogP contribution in [0.5, 0.6) is 0 Å². The summed E-state index contributed by atoms with van der Waals surface area (Å²) in [6.07, 6.45) is 4.39. The summed E-state index contributed by atoms with van der Waals surface area (Å²) in [6, 6.07) is 2.21. The van der Waals surface area contributed by atoms with Gasteiger partial charge in [0.25, 0.3) is 0 Å². The molecule has 0 radical (unpaired) electrons. The molecule has 3 atom stereocenters. The number of hydrogen-bond acceptors (Lipinski definition) is 2. The molecule has 2 heteroatoms. The van der Waals surface area contributed by atoms with Crippen molar-refractivity contribution in [3.05, 3.63) is 0 Å². The fourth-order valence-electron chi connectivity index (χ4n) is 2.81. The summed E-state index contributed by atoms with van der Waals surface area (Å²) in [7, 11) is 0. The molecule has 3 unspecified atom stereocenters. The van der Waals surface area contributed by atoms with E-state index in [9.17, 15) is 0 Å². The molecule has 2 rings (SSSR count). The molecule has 2 fully saturated rings. The van der Waals surface area contributed by atoms with E-state index in [0.717, 1.165) is 24.5 Å². The molecule has 1 saturated heterocycles. The van der Waals surface area contributed by atoms with Crippen LogP contribution in [-0.2, 0) is 0 Å². The summed E-state index contributed by atoms with van der Waals surface area (Å²) in [6.45, 7) is 9.48. The van der Waals surface area contributed by atoms with Gasteiger partial charge in [0, 0.05) is 31.2 Å². The molecule has 1 saturated carbocycles. The third kappa shape index (κ3) is 1.96. The highest BCUT2D eigenvalue weighted by molar-refractivity contribution is 4.89. The Morgan fingerprint density at radius 2 is 2.00 bits per heavy atom. The number of piperazine rings is 1. The van der Waals surface area contributed by atoms with Crippen molar-refractivity contribution >= 4 is 0 Å². The molecule has 82 valence electrons. The van der Waals surface area contributed by atoms with Crippen LogP contribution in [-0.4, -0.2) is 36.1 Å². The Balaban J connectivity index is 1.92. The van der Waals surface area contributed by atoms with E-state index in [2.05, 4.69) is 31.0 Å². The molecule has 0 aromatic rings. The maximum absolute atomic E-state index is 3.55. The second kappa shape index (κ2) is 4.19. The van der Waals surface area contributed by atoms with Gasteiger partial charge < -0.3 is 5.32 Å². The molecule has 1 heterocycles. The van der Waals surface area contributed by atoms with Gasteiger partial charge in [-0.3, -0.25) is 4.90 Å². The van der Waals surface area contributed by atoms with Crippen molar-refractivity contribution in [2.45, 2.75) is 58.2 Å². The first-order valence-corrected chi connectivity index (χ1v) is 6.17. The minimum Gasteiger partial charge on any atom is -0.311 e. The molecule has 0 amide bonds. The van der Waals surface area contributed by atoms with Crippen molar-refractivity contribution < 1.29 is 0 Å². The number of rotatable bonds is 2. The highest BCUT2D eigenvalue weighted by atomic mass is 15.2. The first-order chi connectivity index (χ1) is 6.68. The van der Waals surface area contributed by atoms with Gasteiger partial charge in [-0.2, -0.15) is 0 Å². The quantitative estimate of drug-likeness (QED) is 0.725. The van der Waals surface area contributed by atoms with Gasteiger partial charge >= 0.3 is 0 Å². The molecule has 0 bridgehead atoms. The number of nitrogens with one attached hydrogen (secondary N) is 1. The first-order valence-electron chi connectivity index (χ1n) is 6.17. The fourth-order valence-corrected chi connectivity index (χ4v) is 2.81. The average molecular weight is 196 g/mol. The fraction of sp³-hybridized carbons (Fsp3) is 1.00. The van der Waals surface area contributed by atoms with Crippen LogP contribution in [0.1, 0.15) is 40.0 Å². The van der Waals surface area contributed by atoms with Gasteiger partial charge in [-0.05, 0) is 39.5 Å². The molecule has 0 spiro atoms. The Kier molecular flexibility index (Phi) is 3.13. The lowest BCUT2D eigenvalue weighted by Gasteiger charge is -2.46. The first kappa shape index (κ1) is 10.4. The Hall–Kier alpha value is -0.0800. The van der Waals surface area contributed by atoms with E-state index in [0.29, 0.717) is 6.04 Å². The van der Waals surface area contributed by atoms with Crippen molar-refractivity contribution in [3.8, 4) is 0 Å².